The van der Waals surface area contributed by atoms with Crippen LogP contribution in [0.25, 0.3) is 0 Å². The summed E-state index contributed by atoms with van der Waals surface area (Å²) in [6.45, 7) is 1.86. The number of ether oxygens (including phenoxy) is 1. The van der Waals surface area contributed by atoms with Gasteiger partial charge in [-0.2, -0.15) is 0 Å². The molecular formula is C12H11BrClN3O. The zero-order valence-corrected chi connectivity index (χ0v) is 12.2. The molecule has 4 nitrogen and oxygen atoms in total. The molecular weight excluding hydrogens is 318 g/mol. The molecule has 18 heavy (non-hydrogen) atoms. The van der Waals surface area contributed by atoms with Crippen LogP contribution in [0.5, 0.6) is 5.75 Å². The van der Waals surface area contributed by atoms with E-state index in [-0.39, 0.29) is 0 Å². The summed E-state index contributed by atoms with van der Waals surface area (Å²) in [6.07, 6.45) is 1.42. The molecule has 0 aliphatic carbocycles. The van der Waals surface area contributed by atoms with Gasteiger partial charge < -0.3 is 10.1 Å². The first-order valence-corrected chi connectivity index (χ1v) is 6.36. The van der Waals surface area contributed by atoms with E-state index in [0.717, 1.165) is 21.5 Å². The second kappa shape index (κ2) is 5.54. The van der Waals surface area contributed by atoms with Crippen molar-refractivity contribution >= 4 is 39.0 Å². The van der Waals surface area contributed by atoms with E-state index in [9.17, 15) is 0 Å². The summed E-state index contributed by atoms with van der Waals surface area (Å²) in [7, 11) is 1.62. The Morgan fingerprint density at radius 3 is 2.78 bits per heavy atom. The highest BCUT2D eigenvalue weighted by molar-refractivity contribution is 9.10. The van der Waals surface area contributed by atoms with Crippen molar-refractivity contribution in [3.05, 3.63) is 39.7 Å². The van der Waals surface area contributed by atoms with Crippen LogP contribution in [0.2, 0.25) is 5.15 Å². The fourth-order valence-electron chi connectivity index (χ4n) is 1.44. The van der Waals surface area contributed by atoms with E-state index >= 15 is 0 Å². The van der Waals surface area contributed by atoms with Crippen molar-refractivity contribution in [3.8, 4) is 5.75 Å². The van der Waals surface area contributed by atoms with E-state index < -0.39 is 0 Å². The van der Waals surface area contributed by atoms with Crippen molar-refractivity contribution < 1.29 is 4.74 Å². The number of benzene rings is 1. The quantitative estimate of drug-likeness (QED) is 0.867. The average molecular weight is 329 g/mol. The number of halogens is 2. The third-order valence-corrected chi connectivity index (χ3v) is 3.23. The molecule has 0 spiro atoms. The molecule has 2 aromatic rings. The zero-order valence-electron chi connectivity index (χ0n) is 9.87. The van der Waals surface area contributed by atoms with Crippen LogP contribution < -0.4 is 10.1 Å². The minimum absolute atomic E-state index is 0.439. The van der Waals surface area contributed by atoms with Gasteiger partial charge in [0.25, 0.3) is 0 Å². The molecule has 1 N–H and O–H groups in total. The number of aromatic nitrogens is 2. The van der Waals surface area contributed by atoms with E-state index in [0.29, 0.717) is 11.0 Å². The van der Waals surface area contributed by atoms with E-state index in [1.165, 1.54) is 6.33 Å². The summed E-state index contributed by atoms with van der Waals surface area (Å²) < 4.78 is 6.12. The second-order valence-corrected chi connectivity index (χ2v) is 4.92. The van der Waals surface area contributed by atoms with Gasteiger partial charge in [0.1, 0.15) is 23.0 Å². The van der Waals surface area contributed by atoms with Gasteiger partial charge in [-0.1, -0.05) is 27.5 Å². The van der Waals surface area contributed by atoms with E-state index in [4.69, 9.17) is 16.3 Å². The number of anilines is 2. The average Bonchev–Trinajstić information content (AvgIpc) is 2.34. The molecule has 0 atom stereocenters. The molecule has 0 aliphatic rings. The van der Waals surface area contributed by atoms with Crippen molar-refractivity contribution in [3.63, 3.8) is 0 Å². The first-order valence-electron chi connectivity index (χ1n) is 5.19. The Labute approximate surface area is 118 Å². The maximum Gasteiger partial charge on any atom is 0.138 e. The summed E-state index contributed by atoms with van der Waals surface area (Å²) >= 11 is 9.37. The predicted octanol–water partition coefficient (Wildman–Crippen LogP) is 3.95. The Morgan fingerprint density at radius 2 is 2.06 bits per heavy atom. The molecule has 0 saturated heterocycles. The number of hydrogen-bond donors (Lipinski definition) is 1. The molecule has 0 radical (unpaired) electrons. The lowest BCUT2D eigenvalue weighted by atomic mass is 10.3. The van der Waals surface area contributed by atoms with Crippen molar-refractivity contribution in [2.24, 2.45) is 0 Å². The van der Waals surface area contributed by atoms with Gasteiger partial charge in [0.2, 0.25) is 0 Å². The Balaban J connectivity index is 2.34. The summed E-state index contributed by atoms with van der Waals surface area (Å²) in [5.41, 5.74) is 1.66. The Kier molecular flexibility index (Phi) is 4.04. The Hall–Kier alpha value is -1.33. The topological polar surface area (TPSA) is 47.0 Å². The molecule has 1 aromatic carbocycles. The highest BCUT2D eigenvalue weighted by Gasteiger charge is 2.06. The largest absolute Gasteiger partial charge is 0.497 e. The van der Waals surface area contributed by atoms with Gasteiger partial charge in [-0.15, -0.1) is 0 Å². The molecule has 0 aliphatic heterocycles. The molecule has 0 amide bonds. The minimum atomic E-state index is 0.439. The highest BCUT2D eigenvalue weighted by atomic mass is 79.9. The zero-order chi connectivity index (χ0) is 13.1. The van der Waals surface area contributed by atoms with Gasteiger partial charge in [-0.05, 0) is 19.1 Å². The van der Waals surface area contributed by atoms with Crippen molar-refractivity contribution in [2.75, 3.05) is 12.4 Å². The molecule has 94 valence electrons. The lowest BCUT2D eigenvalue weighted by Crippen LogP contribution is -1.98. The van der Waals surface area contributed by atoms with Gasteiger partial charge in [-0.25, -0.2) is 9.97 Å². The van der Waals surface area contributed by atoms with Crippen LogP contribution in [0.3, 0.4) is 0 Å². The van der Waals surface area contributed by atoms with E-state index in [1.807, 2.05) is 25.1 Å². The van der Waals surface area contributed by atoms with Crippen LogP contribution in [-0.2, 0) is 0 Å². The van der Waals surface area contributed by atoms with Crippen LogP contribution >= 0.6 is 27.5 Å². The molecule has 1 aromatic heterocycles. The minimum Gasteiger partial charge on any atom is -0.497 e. The molecule has 1 heterocycles. The number of nitrogens with one attached hydrogen (secondary N) is 1. The summed E-state index contributed by atoms with van der Waals surface area (Å²) in [4.78, 5) is 8.07. The fraction of sp³-hybridized carbons (Fsp3) is 0.167. The number of methoxy groups -OCH3 is 1. The maximum absolute atomic E-state index is 5.94. The van der Waals surface area contributed by atoms with Gasteiger partial charge in [0, 0.05) is 21.8 Å². The van der Waals surface area contributed by atoms with Crippen LogP contribution in [-0.4, -0.2) is 17.1 Å². The SMILES string of the molecule is COc1cc(Br)cc(Nc2ncnc(Cl)c2C)c1. The standard InChI is InChI=1S/C12H11BrClN3O/c1-7-11(14)15-6-16-12(7)17-9-3-8(13)4-10(5-9)18-2/h3-6H,1-2H3,(H,15,16,17). The third kappa shape index (κ3) is 2.91. The predicted molar refractivity (Wildman–Crippen MR) is 75.8 cm³/mol. The van der Waals surface area contributed by atoms with E-state index in [1.54, 1.807) is 7.11 Å². The first kappa shape index (κ1) is 13.1. The smallest absolute Gasteiger partial charge is 0.138 e. The van der Waals surface area contributed by atoms with Gasteiger partial charge in [0.05, 0.1) is 7.11 Å². The number of nitrogens with zero attached hydrogens (tertiary/aromatic N) is 2. The second-order valence-electron chi connectivity index (χ2n) is 3.64. The first-order chi connectivity index (χ1) is 8.60. The third-order valence-electron chi connectivity index (χ3n) is 2.39. The van der Waals surface area contributed by atoms with Gasteiger partial charge in [-0.3, -0.25) is 0 Å². The van der Waals surface area contributed by atoms with Crippen LogP contribution in [0, 0.1) is 6.92 Å². The Morgan fingerprint density at radius 1 is 1.28 bits per heavy atom. The Bertz CT molecular complexity index is 577. The van der Waals surface area contributed by atoms with E-state index in [2.05, 4.69) is 31.2 Å². The summed E-state index contributed by atoms with van der Waals surface area (Å²) in [5.74, 6) is 1.43. The summed E-state index contributed by atoms with van der Waals surface area (Å²) in [5, 5.41) is 3.62. The molecule has 0 saturated carbocycles. The monoisotopic (exact) mass is 327 g/mol. The van der Waals surface area contributed by atoms with Crippen LogP contribution in [0.1, 0.15) is 5.56 Å². The normalized spacial score (nSPS) is 10.2. The molecule has 0 bridgehead atoms. The van der Waals surface area contributed by atoms with Crippen LogP contribution in [0.15, 0.2) is 29.0 Å². The molecule has 6 heteroatoms. The van der Waals surface area contributed by atoms with Crippen molar-refractivity contribution in [1.82, 2.24) is 9.97 Å². The molecule has 2 rings (SSSR count). The highest BCUT2D eigenvalue weighted by Crippen LogP contribution is 2.28. The number of rotatable bonds is 3. The number of hydrogen-bond acceptors (Lipinski definition) is 4. The van der Waals surface area contributed by atoms with Crippen molar-refractivity contribution in [1.29, 1.82) is 0 Å². The summed E-state index contributed by atoms with van der Waals surface area (Å²) in [6, 6.07) is 5.68. The van der Waals surface area contributed by atoms with Crippen LogP contribution in [0.4, 0.5) is 11.5 Å². The van der Waals surface area contributed by atoms with Gasteiger partial charge >= 0.3 is 0 Å². The fourth-order valence-corrected chi connectivity index (χ4v) is 2.05. The van der Waals surface area contributed by atoms with Gasteiger partial charge in [0.15, 0.2) is 0 Å². The molecule has 0 fully saturated rings. The lowest BCUT2D eigenvalue weighted by molar-refractivity contribution is 0.415. The maximum atomic E-state index is 5.94. The lowest BCUT2D eigenvalue weighted by Gasteiger charge is -2.10. The molecule has 0 unspecified atom stereocenters. The van der Waals surface area contributed by atoms with Crippen molar-refractivity contribution in [2.45, 2.75) is 6.92 Å².